The minimum absolute atomic E-state index is 0.208. The van der Waals surface area contributed by atoms with Crippen LogP contribution < -0.4 is 5.32 Å². The molecule has 3 rings (SSSR count). The number of carbonyl (C=O) groups is 2. The fraction of sp³-hybridized carbons (Fsp3) is 0.158. The van der Waals surface area contributed by atoms with Crippen molar-refractivity contribution in [1.82, 2.24) is 10.3 Å². The van der Waals surface area contributed by atoms with Crippen LogP contribution in [0.4, 0.5) is 0 Å². The molecular formula is C19H18N2O3. The summed E-state index contributed by atoms with van der Waals surface area (Å²) in [7, 11) is 0. The molecule has 0 aliphatic rings. The monoisotopic (exact) mass is 322 g/mol. The Balaban J connectivity index is 1.84. The Bertz CT molecular complexity index is 886. The van der Waals surface area contributed by atoms with Gasteiger partial charge in [-0.1, -0.05) is 36.4 Å². The zero-order valence-electron chi connectivity index (χ0n) is 13.2. The average molecular weight is 322 g/mol. The van der Waals surface area contributed by atoms with E-state index in [4.69, 9.17) is 0 Å². The number of carbonyl (C=O) groups excluding carboxylic acids is 1. The summed E-state index contributed by atoms with van der Waals surface area (Å²) >= 11 is 0. The van der Waals surface area contributed by atoms with Gasteiger partial charge >= 0.3 is 5.97 Å². The van der Waals surface area contributed by atoms with Gasteiger partial charge in [0, 0.05) is 23.7 Å². The van der Waals surface area contributed by atoms with Crippen LogP contribution in [-0.2, 0) is 11.2 Å². The largest absolute Gasteiger partial charge is 0.480 e. The van der Waals surface area contributed by atoms with E-state index in [1.807, 2.05) is 42.5 Å². The molecule has 1 atom stereocenters. The Morgan fingerprint density at radius 3 is 2.58 bits per heavy atom. The zero-order valence-corrected chi connectivity index (χ0v) is 13.2. The van der Waals surface area contributed by atoms with Crippen molar-refractivity contribution in [3.63, 3.8) is 0 Å². The number of hydrogen-bond acceptors (Lipinski definition) is 2. The average Bonchev–Trinajstić information content (AvgIpc) is 3.03. The van der Waals surface area contributed by atoms with Crippen LogP contribution in [0.25, 0.3) is 10.9 Å². The number of aromatic nitrogens is 1. The smallest absolute Gasteiger partial charge is 0.329 e. The maximum atomic E-state index is 12.5. The first-order valence-electron chi connectivity index (χ1n) is 7.65. The molecule has 0 fully saturated rings. The summed E-state index contributed by atoms with van der Waals surface area (Å²) in [6, 6.07) is 16.4. The van der Waals surface area contributed by atoms with Gasteiger partial charge < -0.3 is 15.4 Å². The molecular weight excluding hydrogens is 304 g/mol. The van der Waals surface area contributed by atoms with Crippen molar-refractivity contribution in [2.75, 3.05) is 0 Å². The van der Waals surface area contributed by atoms with Crippen LogP contribution in [0.2, 0.25) is 0 Å². The van der Waals surface area contributed by atoms with E-state index in [0.29, 0.717) is 5.56 Å². The van der Waals surface area contributed by atoms with Crippen molar-refractivity contribution in [3.05, 3.63) is 71.9 Å². The number of amides is 1. The first kappa shape index (κ1) is 15.8. The van der Waals surface area contributed by atoms with Crippen molar-refractivity contribution in [2.45, 2.75) is 18.9 Å². The number of carboxylic acids is 1. The van der Waals surface area contributed by atoms with E-state index in [1.54, 1.807) is 18.3 Å². The van der Waals surface area contributed by atoms with Gasteiger partial charge in [0.25, 0.3) is 5.91 Å². The molecule has 0 aliphatic carbocycles. The second-order valence-electron chi connectivity index (χ2n) is 6.03. The Morgan fingerprint density at radius 1 is 1.12 bits per heavy atom. The van der Waals surface area contributed by atoms with Gasteiger partial charge in [-0.25, -0.2) is 4.79 Å². The van der Waals surface area contributed by atoms with E-state index >= 15 is 0 Å². The summed E-state index contributed by atoms with van der Waals surface area (Å²) in [4.78, 5) is 27.3. The second kappa shape index (κ2) is 6.20. The number of hydrogen-bond donors (Lipinski definition) is 3. The van der Waals surface area contributed by atoms with E-state index in [9.17, 15) is 14.7 Å². The minimum atomic E-state index is -1.39. The molecule has 1 amide bonds. The third kappa shape index (κ3) is 3.15. The van der Waals surface area contributed by atoms with Gasteiger partial charge in [0.05, 0.1) is 0 Å². The first-order valence-corrected chi connectivity index (χ1v) is 7.65. The van der Waals surface area contributed by atoms with Gasteiger partial charge in [-0.15, -0.1) is 0 Å². The van der Waals surface area contributed by atoms with Gasteiger partial charge in [0.1, 0.15) is 5.54 Å². The van der Waals surface area contributed by atoms with Crippen molar-refractivity contribution >= 4 is 22.8 Å². The number of H-pyrrole nitrogens is 1. The summed E-state index contributed by atoms with van der Waals surface area (Å²) in [6.07, 6.45) is 2.00. The molecule has 24 heavy (non-hydrogen) atoms. The maximum absolute atomic E-state index is 12.5. The molecule has 0 aliphatic heterocycles. The number of nitrogens with one attached hydrogen (secondary N) is 2. The number of aliphatic carboxylic acids is 1. The van der Waals surface area contributed by atoms with Crippen LogP contribution >= 0.6 is 0 Å². The lowest BCUT2D eigenvalue weighted by Gasteiger charge is -2.26. The van der Waals surface area contributed by atoms with Crippen molar-refractivity contribution in [1.29, 1.82) is 0 Å². The molecule has 1 heterocycles. The SMILES string of the molecule is C[C@](Cc1ccccc1)(NC(=O)c1ccc2cc[nH]c2c1)C(=O)O. The van der Waals surface area contributed by atoms with Crippen molar-refractivity contribution in [2.24, 2.45) is 0 Å². The molecule has 5 heteroatoms. The van der Waals surface area contributed by atoms with Crippen LogP contribution in [0.5, 0.6) is 0 Å². The standard InChI is InChI=1S/C19H18N2O3/c1-19(18(23)24,12-13-5-3-2-4-6-13)21-17(22)15-8-7-14-9-10-20-16(14)11-15/h2-11,20H,12H2,1H3,(H,21,22)(H,23,24)/t19-/m1/s1. The molecule has 0 unspecified atom stereocenters. The van der Waals surface area contributed by atoms with E-state index in [2.05, 4.69) is 10.3 Å². The highest BCUT2D eigenvalue weighted by Crippen LogP contribution is 2.17. The Morgan fingerprint density at radius 2 is 1.88 bits per heavy atom. The molecule has 0 bridgehead atoms. The van der Waals surface area contributed by atoms with E-state index in [1.165, 1.54) is 6.92 Å². The number of fused-ring (bicyclic) bond motifs is 1. The lowest BCUT2D eigenvalue weighted by Crippen LogP contribution is -2.53. The number of rotatable bonds is 5. The summed E-state index contributed by atoms with van der Waals surface area (Å²) in [5.74, 6) is -1.48. The molecule has 0 saturated heterocycles. The van der Waals surface area contributed by atoms with Gasteiger partial charge in [0.15, 0.2) is 0 Å². The van der Waals surface area contributed by atoms with Crippen LogP contribution in [0.1, 0.15) is 22.8 Å². The van der Waals surface area contributed by atoms with Gasteiger partial charge in [-0.3, -0.25) is 4.79 Å². The topological polar surface area (TPSA) is 82.2 Å². The Hall–Kier alpha value is -3.08. The molecule has 0 saturated carbocycles. The van der Waals surface area contributed by atoms with E-state index < -0.39 is 17.4 Å². The molecule has 122 valence electrons. The van der Waals surface area contributed by atoms with Gasteiger partial charge in [-0.2, -0.15) is 0 Å². The number of carboxylic acid groups (broad SMARTS) is 1. The summed E-state index contributed by atoms with van der Waals surface area (Å²) in [5, 5.41) is 13.3. The molecule has 3 aromatic rings. The fourth-order valence-electron chi connectivity index (χ4n) is 2.69. The highest BCUT2D eigenvalue weighted by Gasteiger charge is 2.35. The lowest BCUT2D eigenvalue weighted by molar-refractivity contribution is -0.143. The Labute approximate surface area is 139 Å². The van der Waals surface area contributed by atoms with E-state index in [-0.39, 0.29) is 6.42 Å². The quantitative estimate of drug-likeness (QED) is 0.675. The predicted octanol–water partition coefficient (Wildman–Crippen LogP) is 2.98. The molecule has 0 spiro atoms. The van der Waals surface area contributed by atoms with Crippen LogP contribution in [0.15, 0.2) is 60.8 Å². The molecule has 1 aromatic heterocycles. The summed E-state index contributed by atoms with van der Waals surface area (Å²) in [6.45, 7) is 1.52. The first-order chi connectivity index (χ1) is 11.5. The molecule has 0 radical (unpaired) electrons. The fourth-order valence-corrected chi connectivity index (χ4v) is 2.69. The normalized spacial score (nSPS) is 13.4. The summed E-state index contributed by atoms with van der Waals surface area (Å²) in [5.41, 5.74) is 0.721. The molecule has 3 N–H and O–H groups in total. The van der Waals surface area contributed by atoms with Crippen LogP contribution in [0.3, 0.4) is 0 Å². The van der Waals surface area contributed by atoms with E-state index in [0.717, 1.165) is 16.5 Å². The highest BCUT2D eigenvalue weighted by atomic mass is 16.4. The third-order valence-electron chi connectivity index (χ3n) is 4.08. The number of aromatic amines is 1. The Kier molecular flexibility index (Phi) is 4.08. The van der Waals surface area contributed by atoms with Crippen molar-refractivity contribution < 1.29 is 14.7 Å². The zero-order chi connectivity index (χ0) is 17.2. The van der Waals surface area contributed by atoms with Crippen LogP contribution in [0, 0.1) is 0 Å². The van der Waals surface area contributed by atoms with Crippen LogP contribution in [-0.4, -0.2) is 27.5 Å². The molecule has 2 aromatic carbocycles. The van der Waals surface area contributed by atoms with Gasteiger partial charge in [0.2, 0.25) is 0 Å². The van der Waals surface area contributed by atoms with Gasteiger partial charge in [-0.05, 0) is 36.1 Å². The maximum Gasteiger partial charge on any atom is 0.329 e. The third-order valence-corrected chi connectivity index (χ3v) is 4.08. The minimum Gasteiger partial charge on any atom is -0.480 e. The second-order valence-corrected chi connectivity index (χ2v) is 6.03. The number of benzene rings is 2. The van der Waals surface area contributed by atoms with Crippen molar-refractivity contribution in [3.8, 4) is 0 Å². The molecule has 5 nitrogen and oxygen atoms in total. The lowest BCUT2D eigenvalue weighted by atomic mass is 9.92. The highest BCUT2D eigenvalue weighted by molar-refractivity contribution is 6.00. The predicted molar refractivity (Wildman–Crippen MR) is 92.0 cm³/mol. The summed E-state index contributed by atoms with van der Waals surface area (Å²) < 4.78 is 0.